The molecular formula is C11H16N6. The first-order chi connectivity index (χ1) is 8.36. The number of nitrogens with zero attached hydrogens (tertiary/aromatic N) is 5. The Balaban J connectivity index is 2.36. The molecule has 0 spiro atoms. The molecule has 0 aliphatic carbocycles. The maximum atomic E-state index is 4.29. The average molecular weight is 232 g/mol. The van der Waals surface area contributed by atoms with Crippen molar-refractivity contribution >= 4 is 0 Å². The van der Waals surface area contributed by atoms with Gasteiger partial charge in [0.25, 0.3) is 0 Å². The van der Waals surface area contributed by atoms with Crippen LogP contribution in [0.15, 0.2) is 24.8 Å². The Labute approximate surface area is 100 Å². The van der Waals surface area contributed by atoms with Gasteiger partial charge in [-0.3, -0.25) is 0 Å². The van der Waals surface area contributed by atoms with Crippen molar-refractivity contribution in [3.8, 4) is 0 Å². The Hall–Kier alpha value is -1.82. The summed E-state index contributed by atoms with van der Waals surface area (Å²) >= 11 is 0. The molecule has 2 rings (SSSR count). The van der Waals surface area contributed by atoms with Gasteiger partial charge in [-0.25, -0.2) is 14.6 Å². The molecule has 1 N–H and O–H groups in total. The quantitative estimate of drug-likeness (QED) is 0.825. The van der Waals surface area contributed by atoms with Gasteiger partial charge in [0.05, 0.1) is 23.6 Å². The van der Waals surface area contributed by atoms with Gasteiger partial charge in [-0.2, -0.15) is 0 Å². The third-order valence-electron chi connectivity index (χ3n) is 2.55. The van der Waals surface area contributed by atoms with Crippen molar-refractivity contribution < 1.29 is 0 Å². The fraction of sp³-hybridized carbons (Fsp3) is 0.455. The molecule has 2 heterocycles. The molecule has 0 aliphatic heterocycles. The molecule has 1 atom stereocenters. The molecule has 0 fully saturated rings. The summed E-state index contributed by atoms with van der Waals surface area (Å²) in [6.45, 7) is 5.75. The minimum atomic E-state index is 0.0120. The lowest BCUT2D eigenvalue weighted by Gasteiger charge is -2.17. The fourth-order valence-corrected chi connectivity index (χ4v) is 1.77. The predicted octanol–water partition coefficient (Wildman–Crippen LogP) is 0.787. The van der Waals surface area contributed by atoms with E-state index in [1.807, 2.05) is 17.7 Å². The highest BCUT2D eigenvalue weighted by atomic mass is 15.4. The normalized spacial score (nSPS) is 12.6. The summed E-state index contributed by atoms with van der Waals surface area (Å²) < 4.78 is 1.87. The summed E-state index contributed by atoms with van der Waals surface area (Å²) in [4.78, 5) is 8.22. The van der Waals surface area contributed by atoms with Gasteiger partial charge in [0.2, 0.25) is 0 Å². The molecule has 0 aromatic carbocycles. The van der Waals surface area contributed by atoms with Crippen molar-refractivity contribution in [3.05, 3.63) is 36.2 Å². The van der Waals surface area contributed by atoms with Crippen molar-refractivity contribution in [3.63, 3.8) is 0 Å². The maximum absolute atomic E-state index is 4.29. The SMILES string of the molecule is CCNC(c1ccncn1)c1cnnn1CC. The zero-order valence-electron chi connectivity index (χ0n) is 10.0. The second-order valence-corrected chi connectivity index (χ2v) is 3.60. The summed E-state index contributed by atoms with van der Waals surface area (Å²) in [5, 5.41) is 11.4. The van der Waals surface area contributed by atoms with Crippen molar-refractivity contribution in [2.24, 2.45) is 0 Å². The molecule has 2 aromatic heterocycles. The van der Waals surface area contributed by atoms with Crippen LogP contribution < -0.4 is 5.32 Å². The standard InChI is InChI=1S/C11H16N6/c1-3-13-11(9-5-6-12-8-14-9)10-7-15-16-17(10)4-2/h5-8,11,13H,3-4H2,1-2H3. The van der Waals surface area contributed by atoms with E-state index in [1.165, 1.54) is 0 Å². The van der Waals surface area contributed by atoms with E-state index in [0.29, 0.717) is 0 Å². The highest BCUT2D eigenvalue weighted by Crippen LogP contribution is 2.18. The van der Waals surface area contributed by atoms with Crippen molar-refractivity contribution in [1.82, 2.24) is 30.3 Å². The van der Waals surface area contributed by atoms with E-state index in [0.717, 1.165) is 24.5 Å². The van der Waals surface area contributed by atoms with E-state index in [4.69, 9.17) is 0 Å². The number of rotatable bonds is 5. The predicted molar refractivity (Wildman–Crippen MR) is 63.2 cm³/mol. The molecule has 0 radical (unpaired) electrons. The molecule has 1 unspecified atom stereocenters. The Bertz CT molecular complexity index is 452. The molecule has 2 aromatic rings. The monoisotopic (exact) mass is 232 g/mol. The highest BCUT2D eigenvalue weighted by Gasteiger charge is 2.18. The van der Waals surface area contributed by atoms with E-state index in [2.05, 4.69) is 32.5 Å². The van der Waals surface area contributed by atoms with E-state index >= 15 is 0 Å². The van der Waals surface area contributed by atoms with E-state index < -0.39 is 0 Å². The number of aromatic nitrogens is 5. The molecule has 6 heteroatoms. The number of hydrogen-bond donors (Lipinski definition) is 1. The zero-order valence-corrected chi connectivity index (χ0v) is 10.0. The van der Waals surface area contributed by atoms with Gasteiger partial charge in [0.15, 0.2) is 0 Å². The van der Waals surface area contributed by atoms with E-state index in [9.17, 15) is 0 Å². The van der Waals surface area contributed by atoms with Crippen molar-refractivity contribution in [2.45, 2.75) is 26.4 Å². The van der Waals surface area contributed by atoms with Crippen molar-refractivity contribution in [1.29, 1.82) is 0 Å². The van der Waals surface area contributed by atoms with Crippen LogP contribution in [0.2, 0.25) is 0 Å². The molecule has 0 amide bonds. The van der Waals surface area contributed by atoms with Crippen LogP contribution in [0, 0.1) is 0 Å². The van der Waals surface area contributed by atoms with E-state index in [1.54, 1.807) is 18.7 Å². The molecule has 90 valence electrons. The van der Waals surface area contributed by atoms with Crippen molar-refractivity contribution in [2.75, 3.05) is 6.54 Å². The van der Waals surface area contributed by atoms with Crippen LogP contribution in [0.25, 0.3) is 0 Å². The minimum absolute atomic E-state index is 0.0120. The topological polar surface area (TPSA) is 68.5 Å². The van der Waals surface area contributed by atoms with Crippen LogP contribution >= 0.6 is 0 Å². The lowest BCUT2D eigenvalue weighted by atomic mass is 10.1. The first-order valence-electron chi connectivity index (χ1n) is 5.74. The summed E-state index contributed by atoms with van der Waals surface area (Å²) in [5.41, 5.74) is 1.95. The molecule has 0 saturated carbocycles. The second-order valence-electron chi connectivity index (χ2n) is 3.60. The molecular weight excluding hydrogens is 216 g/mol. The first kappa shape index (κ1) is 11.7. The van der Waals surface area contributed by atoms with Gasteiger partial charge >= 0.3 is 0 Å². The third kappa shape index (κ3) is 2.47. The van der Waals surface area contributed by atoms with Crippen LogP contribution in [0.5, 0.6) is 0 Å². The fourth-order valence-electron chi connectivity index (χ4n) is 1.77. The Morgan fingerprint density at radius 1 is 1.41 bits per heavy atom. The molecule has 0 aliphatic rings. The van der Waals surface area contributed by atoms with Crippen LogP contribution in [0.1, 0.15) is 31.3 Å². The summed E-state index contributed by atoms with van der Waals surface area (Å²) in [7, 11) is 0. The smallest absolute Gasteiger partial charge is 0.115 e. The van der Waals surface area contributed by atoms with Crippen LogP contribution in [-0.4, -0.2) is 31.5 Å². The van der Waals surface area contributed by atoms with Gasteiger partial charge in [-0.05, 0) is 19.5 Å². The van der Waals surface area contributed by atoms with Gasteiger partial charge in [-0.1, -0.05) is 12.1 Å². The number of hydrogen-bond acceptors (Lipinski definition) is 5. The lowest BCUT2D eigenvalue weighted by molar-refractivity contribution is 0.527. The van der Waals surface area contributed by atoms with Gasteiger partial charge in [0.1, 0.15) is 6.33 Å². The molecule has 17 heavy (non-hydrogen) atoms. The van der Waals surface area contributed by atoms with Crippen LogP contribution in [0.3, 0.4) is 0 Å². The molecule has 0 bridgehead atoms. The largest absolute Gasteiger partial charge is 0.304 e. The minimum Gasteiger partial charge on any atom is -0.304 e. The number of nitrogens with one attached hydrogen (secondary N) is 1. The molecule has 0 saturated heterocycles. The van der Waals surface area contributed by atoms with Crippen LogP contribution in [0.4, 0.5) is 0 Å². The van der Waals surface area contributed by atoms with Crippen LogP contribution in [-0.2, 0) is 6.54 Å². The zero-order chi connectivity index (χ0) is 12.1. The van der Waals surface area contributed by atoms with Gasteiger partial charge < -0.3 is 5.32 Å². The summed E-state index contributed by atoms with van der Waals surface area (Å²) in [5.74, 6) is 0. The highest BCUT2D eigenvalue weighted by molar-refractivity contribution is 5.18. The summed E-state index contributed by atoms with van der Waals surface area (Å²) in [6, 6.07) is 1.92. The Morgan fingerprint density at radius 2 is 2.29 bits per heavy atom. The Morgan fingerprint density at radius 3 is 2.94 bits per heavy atom. The summed E-state index contributed by atoms with van der Waals surface area (Å²) in [6.07, 6.45) is 5.07. The Kier molecular flexibility index (Phi) is 3.77. The first-order valence-corrected chi connectivity index (χ1v) is 5.74. The second kappa shape index (κ2) is 5.49. The lowest BCUT2D eigenvalue weighted by Crippen LogP contribution is -2.25. The molecule has 6 nitrogen and oxygen atoms in total. The maximum Gasteiger partial charge on any atom is 0.115 e. The third-order valence-corrected chi connectivity index (χ3v) is 2.55. The van der Waals surface area contributed by atoms with Gasteiger partial charge in [0, 0.05) is 12.7 Å². The van der Waals surface area contributed by atoms with E-state index in [-0.39, 0.29) is 6.04 Å². The average Bonchev–Trinajstić information content (AvgIpc) is 2.85. The van der Waals surface area contributed by atoms with Gasteiger partial charge in [-0.15, -0.1) is 5.10 Å². The number of aryl methyl sites for hydroxylation is 1.